The SMILES string of the molecule is COc1cc(/C=C2\C(=O)NC(=O)N(c3cccc(Cl)c3C)C2=O)ccc1OCc1ccc(Br)cc1. The lowest BCUT2D eigenvalue weighted by Gasteiger charge is -2.27. The lowest BCUT2D eigenvalue weighted by atomic mass is 10.1. The molecule has 1 aliphatic heterocycles. The summed E-state index contributed by atoms with van der Waals surface area (Å²) in [6.45, 7) is 2.02. The number of benzene rings is 3. The van der Waals surface area contributed by atoms with Gasteiger partial charge in [-0.15, -0.1) is 0 Å². The van der Waals surface area contributed by atoms with E-state index in [1.807, 2.05) is 24.3 Å². The summed E-state index contributed by atoms with van der Waals surface area (Å²) in [6, 6.07) is 16.8. The minimum absolute atomic E-state index is 0.199. The maximum Gasteiger partial charge on any atom is 0.335 e. The zero-order chi connectivity index (χ0) is 25.1. The molecule has 1 heterocycles. The predicted octanol–water partition coefficient (Wildman–Crippen LogP) is 5.66. The van der Waals surface area contributed by atoms with Gasteiger partial charge in [0.15, 0.2) is 11.5 Å². The molecule has 1 aliphatic rings. The van der Waals surface area contributed by atoms with Crippen LogP contribution in [0.1, 0.15) is 16.7 Å². The summed E-state index contributed by atoms with van der Waals surface area (Å²) in [5.41, 5.74) is 2.14. The van der Waals surface area contributed by atoms with E-state index in [1.165, 1.54) is 13.2 Å². The Morgan fingerprint density at radius 1 is 1.03 bits per heavy atom. The van der Waals surface area contributed by atoms with Gasteiger partial charge < -0.3 is 9.47 Å². The minimum atomic E-state index is -0.836. The highest BCUT2D eigenvalue weighted by molar-refractivity contribution is 9.10. The number of amides is 4. The minimum Gasteiger partial charge on any atom is -0.493 e. The van der Waals surface area contributed by atoms with Crippen molar-refractivity contribution in [2.24, 2.45) is 0 Å². The number of imide groups is 2. The Bertz CT molecular complexity index is 1350. The van der Waals surface area contributed by atoms with Gasteiger partial charge in [0, 0.05) is 9.50 Å². The first kappa shape index (κ1) is 24.5. The quantitative estimate of drug-likeness (QED) is 0.313. The monoisotopic (exact) mass is 554 g/mol. The first-order valence-electron chi connectivity index (χ1n) is 10.5. The molecular formula is C26H20BrClN2O5. The van der Waals surface area contributed by atoms with Crippen LogP contribution in [0.15, 0.2) is 70.7 Å². The van der Waals surface area contributed by atoms with Crippen molar-refractivity contribution in [3.63, 3.8) is 0 Å². The van der Waals surface area contributed by atoms with E-state index in [-0.39, 0.29) is 5.57 Å². The zero-order valence-corrected chi connectivity index (χ0v) is 21.1. The maximum atomic E-state index is 13.2. The molecule has 9 heteroatoms. The van der Waals surface area contributed by atoms with Crippen LogP contribution in [0.5, 0.6) is 11.5 Å². The van der Waals surface area contributed by atoms with Gasteiger partial charge in [-0.3, -0.25) is 14.9 Å². The number of nitrogens with one attached hydrogen (secondary N) is 1. The summed E-state index contributed by atoms with van der Waals surface area (Å²) >= 11 is 9.57. The molecule has 0 aromatic heterocycles. The summed E-state index contributed by atoms with van der Waals surface area (Å²) in [7, 11) is 1.50. The van der Waals surface area contributed by atoms with Crippen molar-refractivity contribution in [1.82, 2.24) is 5.32 Å². The third kappa shape index (κ3) is 5.23. The number of ether oxygens (including phenoxy) is 2. The van der Waals surface area contributed by atoms with E-state index in [0.717, 1.165) is 14.9 Å². The lowest BCUT2D eigenvalue weighted by Crippen LogP contribution is -2.54. The molecule has 7 nitrogen and oxygen atoms in total. The average molecular weight is 556 g/mol. The largest absolute Gasteiger partial charge is 0.493 e. The van der Waals surface area contributed by atoms with E-state index in [9.17, 15) is 14.4 Å². The first-order valence-corrected chi connectivity index (χ1v) is 11.7. The number of rotatable bonds is 6. The van der Waals surface area contributed by atoms with Gasteiger partial charge in [0.05, 0.1) is 12.8 Å². The molecule has 4 amide bonds. The smallest absolute Gasteiger partial charge is 0.335 e. The van der Waals surface area contributed by atoms with Gasteiger partial charge in [-0.1, -0.05) is 51.8 Å². The number of hydrogen-bond donors (Lipinski definition) is 1. The molecule has 1 fully saturated rings. The van der Waals surface area contributed by atoms with Crippen LogP contribution in [0.4, 0.5) is 10.5 Å². The lowest BCUT2D eigenvalue weighted by molar-refractivity contribution is -0.122. The van der Waals surface area contributed by atoms with Gasteiger partial charge in [0.1, 0.15) is 12.2 Å². The number of nitrogens with zero attached hydrogens (tertiary/aromatic N) is 1. The van der Waals surface area contributed by atoms with Crippen LogP contribution in [-0.2, 0) is 16.2 Å². The molecule has 178 valence electrons. The van der Waals surface area contributed by atoms with Gasteiger partial charge >= 0.3 is 6.03 Å². The van der Waals surface area contributed by atoms with E-state index >= 15 is 0 Å². The summed E-state index contributed by atoms with van der Waals surface area (Å²) in [4.78, 5) is 39.1. The highest BCUT2D eigenvalue weighted by Crippen LogP contribution is 2.32. The van der Waals surface area contributed by atoms with Crippen LogP contribution >= 0.6 is 27.5 Å². The van der Waals surface area contributed by atoms with Crippen molar-refractivity contribution in [3.8, 4) is 11.5 Å². The first-order chi connectivity index (χ1) is 16.8. The Morgan fingerprint density at radius 3 is 2.49 bits per heavy atom. The molecule has 1 saturated heterocycles. The Kier molecular flexibility index (Phi) is 7.23. The Balaban J connectivity index is 1.61. The topological polar surface area (TPSA) is 84.9 Å². The van der Waals surface area contributed by atoms with Gasteiger partial charge in [-0.2, -0.15) is 0 Å². The summed E-state index contributed by atoms with van der Waals surface area (Å²) in [5.74, 6) is -0.605. The Labute approximate surface area is 215 Å². The van der Waals surface area contributed by atoms with Gasteiger partial charge in [0.2, 0.25) is 0 Å². The standard InChI is InChI=1S/C26H20BrClN2O5/c1-15-20(28)4-3-5-21(15)30-25(32)19(24(31)29-26(30)33)12-17-8-11-22(23(13-17)34-2)35-14-16-6-9-18(27)10-7-16/h3-13H,14H2,1-2H3,(H,29,31,33)/b19-12+. The molecule has 0 radical (unpaired) electrons. The third-order valence-electron chi connectivity index (χ3n) is 5.39. The normalized spacial score (nSPS) is 14.8. The number of hydrogen-bond acceptors (Lipinski definition) is 5. The fraction of sp³-hybridized carbons (Fsp3) is 0.115. The van der Waals surface area contributed by atoms with Crippen molar-refractivity contribution in [3.05, 3.63) is 92.4 Å². The number of anilines is 1. The van der Waals surface area contributed by atoms with Crippen LogP contribution in [0.2, 0.25) is 5.02 Å². The van der Waals surface area contributed by atoms with Crippen LogP contribution in [-0.4, -0.2) is 25.0 Å². The highest BCUT2D eigenvalue weighted by Gasteiger charge is 2.37. The zero-order valence-electron chi connectivity index (χ0n) is 18.8. The third-order valence-corrected chi connectivity index (χ3v) is 6.33. The molecule has 0 saturated carbocycles. The molecule has 0 aliphatic carbocycles. The number of methoxy groups -OCH3 is 1. The van der Waals surface area contributed by atoms with Crippen molar-refractivity contribution in [1.29, 1.82) is 0 Å². The van der Waals surface area contributed by atoms with Crippen molar-refractivity contribution < 1.29 is 23.9 Å². The second kappa shape index (κ2) is 10.3. The van der Waals surface area contributed by atoms with Crippen molar-refractivity contribution in [2.75, 3.05) is 12.0 Å². The van der Waals surface area contributed by atoms with Crippen LogP contribution in [0, 0.1) is 6.92 Å². The summed E-state index contributed by atoms with van der Waals surface area (Å²) in [6.07, 6.45) is 1.40. The molecule has 0 unspecified atom stereocenters. The number of urea groups is 1. The molecule has 0 spiro atoms. The van der Waals surface area contributed by atoms with Crippen molar-refractivity contribution >= 4 is 57.1 Å². The number of barbiturate groups is 1. The van der Waals surface area contributed by atoms with E-state index in [2.05, 4.69) is 21.2 Å². The Morgan fingerprint density at radius 2 is 1.77 bits per heavy atom. The van der Waals surface area contributed by atoms with E-state index in [1.54, 1.807) is 43.3 Å². The molecular weight excluding hydrogens is 536 g/mol. The van der Waals surface area contributed by atoms with Gasteiger partial charge in [-0.25, -0.2) is 9.69 Å². The predicted molar refractivity (Wildman–Crippen MR) is 137 cm³/mol. The number of carbonyl (C=O) groups excluding carboxylic acids is 3. The molecule has 35 heavy (non-hydrogen) atoms. The molecule has 0 atom stereocenters. The van der Waals surface area contributed by atoms with Crippen LogP contribution in [0.25, 0.3) is 6.08 Å². The molecule has 3 aromatic carbocycles. The van der Waals surface area contributed by atoms with Gasteiger partial charge in [0.25, 0.3) is 11.8 Å². The Hall–Kier alpha value is -3.62. The number of halogens is 2. The van der Waals surface area contributed by atoms with Crippen molar-refractivity contribution in [2.45, 2.75) is 13.5 Å². The molecule has 1 N–H and O–H groups in total. The second-order valence-electron chi connectivity index (χ2n) is 7.67. The molecule has 0 bridgehead atoms. The fourth-order valence-corrected chi connectivity index (χ4v) is 3.95. The molecule has 3 aromatic rings. The second-order valence-corrected chi connectivity index (χ2v) is 8.99. The van der Waals surface area contributed by atoms with E-state index in [4.69, 9.17) is 21.1 Å². The van der Waals surface area contributed by atoms with Crippen LogP contribution in [0.3, 0.4) is 0 Å². The maximum absolute atomic E-state index is 13.2. The number of carbonyl (C=O) groups is 3. The summed E-state index contributed by atoms with van der Waals surface area (Å²) < 4.78 is 12.3. The highest BCUT2D eigenvalue weighted by atomic mass is 79.9. The summed E-state index contributed by atoms with van der Waals surface area (Å²) in [5, 5.41) is 2.61. The molecule has 4 rings (SSSR count). The fourth-order valence-electron chi connectivity index (χ4n) is 3.52. The van der Waals surface area contributed by atoms with E-state index in [0.29, 0.717) is 39.9 Å². The average Bonchev–Trinajstić information content (AvgIpc) is 2.84. The van der Waals surface area contributed by atoms with E-state index < -0.39 is 17.8 Å². The van der Waals surface area contributed by atoms with Gasteiger partial charge in [-0.05, 0) is 66.1 Å². The van der Waals surface area contributed by atoms with Crippen LogP contribution < -0.4 is 19.7 Å².